The normalized spacial score (nSPS) is 20.1. The molecule has 2 N–H and O–H groups in total. The summed E-state index contributed by atoms with van der Waals surface area (Å²) < 4.78 is 1.63. The molecular formula is C20H25N5O. The van der Waals surface area contributed by atoms with Gasteiger partial charge in [0.2, 0.25) is 11.9 Å². The fourth-order valence-electron chi connectivity index (χ4n) is 3.72. The number of nitrogens with zero attached hydrogens (tertiary/aromatic N) is 3. The maximum Gasteiger partial charge on any atom is 0.257 e. The van der Waals surface area contributed by atoms with Gasteiger partial charge in [-0.1, -0.05) is 49.1 Å². The summed E-state index contributed by atoms with van der Waals surface area (Å²) in [6.07, 6.45) is 5.72. The van der Waals surface area contributed by atoms with Gasteiger partial charge in [0.05, 0.1) is 0 Å². The van der Waals surface area contributed by atoms with Gasteiger partial charge in [0, 0.05) is 17.8 Å². The maximum atomic E-state index is 12.6. The molecule has 0 amide bonds. The number of aliphatic imine (C=N–C) groups is 1. The Kier molecular flexibility index (Phi) is 4.49. The van der Waals surface area contributed by atoms with Crippen LogP contribution in [0.15, 0.2) is 40.1 Å². The molecule has 1 fully saturated rings. The average molecular weight is 351 g/mol. The summed E-state index contributed by atoms with van der Waals surface area (Å²) in [7, 11) is 0. The fraction of sp³-hybridized carbons (Fsp3) is 0.450. The Morgan fingerprint density at radius 3 is 2.58 bits per heavy atom. The molecule has 2 aromatic rings. The lowest BCUT2D eigenvalue weighted by Crippen LogP contribution is -2.45. The number of guanidine groups is 1. The van der Waals surface area contributed by atoms with Crippen LogP contribution < -0.4 is 16.2 Å². The lowest BCUT2D eigenvalue weighted by atomic mass is 9.96. The predicted octanol–water partition coefficient (Wildman–Crippen LogP) is 3.11. The second-order valence-corrected chi connectivity index (χ2v) is 7.30. The van der Waals surface area contributed by atoms with E-state index in [9.17, 15) is 4.79 Å². The van der Waals surface area contributed by atoms with Crippen LogP contribution in [0.1, 0.15) is 55.1 Å². The molecule has 1 aliphatic carbocycles. The molecule has 136 valence electrons. The van der Waals surface area contributed by atoms with E-state index in [2.05, 4.69) is 22.5 Å². The predicted molar refractivity (Wildman–Crippen MR) is 104 cm³/mol. The quantitative estimate of drug-likeness (QED) is 0.872. The first-order chi connectivity index (χ1) is 12.6. The van der Waals surface area contributed by atoms with Gasteiger partial charge in [-0.25, -0.2) is 9.98 Å². The molecular weight excluding hydrogens is 326 g/mol. The van der Waals surface area contributed by atoms with E-state index in [0.29, 0.717) is 23.6 Å². The molecule has 26 heavy (non-hydrogen) atoms. The molecule has 6 nitrogen and oxygen atoms in total. The summed E-state index contributed by atoms with van der Waals surface area (Å²) in [5, 5.41) is 6.76. The van der Waals surface area contributed by atoms with E-state index in [1.807, 2.05) is 31.2 Å². The first-order valence-corrected chi connectivity index (χ1v) is 9.38. The summed E-state index contributed by atoms with van der Waals surface area (Å²) in [6, 6.07) is 10.1. The second-order valence-electron chi connectivity index (χ2n) is 7.30. The van der Waals surface area contributed by atoms with Crippen LogP contribution in [0.3, 0.4) is 0 Å². The van der Waals surface area contributed by atoms with Gasteiger partial charge in [-0.05, 0) is 32.3 Å². The van der Waals surface area contributed by atoms with Crippen molar-refractivity contribution >= 4 is 11.9 Å². The van der Waals surface area contributed by atoms with Crippen molar-refractivity contribution in [3.63, 3.8) is 0 Å². The minimum atomic E-state index is -0.404. The maximum absolute atomic E-state index is 12.6. The summed E-state index contributed by atoms with van der Waals surface area (Å²) in [5.41, 5.74) is 2.78. The first-order valence-electron chi connectivity index (χ1n) is 9.38. The van der Waals surface area contributed by atoms with Crippen LogP contribution in [0.25, 0.3) is 0 Å². The molecule has 1 saturated carbocycles. The number of aryl methyl sites for hydroxylation is 2. The van der Waals surface area contributed by atoms with Crippen LogP contribution >= 0.6 is 0 Å². The molecule has 0 bridgehead atoms. The Hall–Kier alpha value is -2.63. The Morgan fingerprint density at radius 1 is 1.12 bits per heavy atom. The molecule has 1 atom stereocenters. The number of hydrogen-bond acceptors (Lipinski definition) is 5. The third-order valence-electron chi connectivity index (χ3n) is 5.13. The molecule has 1 aliphatic heterocycles. The molecule has 1 aromatic heterocycles. The molecule has 0 saturated heterocycles. The number of nitrogens with one attached hydrogen (secondary N) is 2. The average Bonchev–Trinajstić information content (AvgIpc) is 2.62. The Bertz CT molecular complexity index is 878. The summed E-state index contributed by atoms with van der Waals surface area (Å²) >= 11 is 0. The van der Waals surface area contributed by atoms with Crippen LogP contribution in [-0.2, 0) is 0 Å². The van der Waals surface area contributed by atoms with Gasteiger partial charge in [-0.3, -0.25) is 14.7 Å². The third-order valence-corrected chi connectivity index (χ3v) is 5.13. The SMILES string of the molecule is Cc1ccc([C@H]2N=C(NC3CCCCC3)Nc3nc(C)cc(=O)n32)cc1. The largest absolute Gasteiger partial charge is 0.353 e. The summed E-state index contributed by atoms with van der Waals surface area (Å²) in [4.78, 5) is 22.0. The van der Waals surface area contributed by atoms with Gasteiger partial charge in [0.15, 0.2) is 6.17 Å². The van der Waals surface area contributed by atoms with Crippen molar-refractivity contribution < 1.29 is 0 Å². The number of hydrogen-bond donors (Lipinski definition) is 2. The van der Waals surface area contributed by atoms with Crippen LogP contribution in [0.4, 0.5) is 5.95 Å². The summed E-state index contributed by atoms with van der Waals surface area (Å²) in [6.45, 7) is 3.89. The van der Waals surface area contributed by atoms with Crippen LogP contribution in [0.2, 0.25) is 0 Å². The van der Waals surface area contributed by atoms with Gasteiger partial charge >= 0.3 is 0 Å². The molecule has 1 aromatic carbocycles. The molecule has 0 spiro atoms. The highest BCUT2D eigenvalue weighted by Crippen LogP contribution is 2.26. The molecule has 0 unspecified atom stereocenters. The molecule has 4 rings (SSSR count). The van der Waals surface area contributed by atoms with Crippen LogP contribution in [-0.4, -0.2) is 21.6 Å². The van der Waals surface area contributed by atoms with Crippen LogP contribution in [0, 0.1) is 13.8 Å². The van der Waals surface area contributed by atoms with E-state index in [-0.39, 0.29) is 5.56 Å². The Morgan fingerprint density at radius 2 is 1.85 bits per heavy atom. The Balaban J connectivity index is 1.73. The minimum absolute atomic E-state index is 0.0916. The van der Waals surface area contributed by atoms with E-state index >= 15 is 0 Å². The monoisotopic (exact) mass is 351 g/mol. The van der Waals surface area contributed by atoms with E-state index < -0.39 is 6.17 Å². The van der Waals surface area contributed by atoms with Gasteiger partial charge in [-0.15, -0.1) is 0 Å². The highest BCUT2D eigenvalue weighted by Gasteiger charge is 2.26. The Labute approximate surface area is 153 Å². The number of anilines is 1. The zero-order valence-corrected chi connectivity index (χ0v) is 15.3. The smallest absolute Gasteiger partial charge is 0.257 e. The number of rotatable bonds is 2. The van der Waals surface area contributed by atoms with Gasteiger partial charge in [-0.2, -0.15) is 0 Å². The second kappa shape index (κ2) is 6.94. The van der Waals surface area contributed by atoms with Crippen molar-refractivity contribution in [1.82, 2.24) is 14.9 Å². The van der Waals surface area contributed by atoms with E-state index in [1.165, 1.54) is 24.8 Å². The zero-order chi connectivity index (χ0) is 18.1. The first kappa shape index (κ1) is 16.8. The lowest BCUT2D eigenvalue weighted by molar-refractivity contribution is 0.410. The third kappa shape index (κ3) is 3.36. The van der Waals surface area contributed by atoms with Crippen molar-refractivity contribution in [2.75, 3.05) is 5.32 Å². The van der Waals surface area contributed by atoms with Crippen molar-refractivity contribution in [3.05, 3.63) is 57.5 Å². The number of aromatic nitrogens is 2. The van der Waals surface area contributed by atoms with Gasteiger partial charge in [0.25, 0.3) is 5.56 Å². The topological polar surface area (TPSA) is 71.3 Å². The minimum Gasteiger partial charge on any atom is -0.353 e. The van der Waals surface area contributed by atoms with E-state index in [0.717, 1.165) is 18.4 Å². The van der Waals surface area contributed by atoms with Crippen molar-refractivity contribution in [2.45, 2.75) is 58.2 Å². The van der Waals surface area contributed by atoms with Crippen molar-refractivity contribution in [2.24, 2.45) is 4.99 Å². The fourth-order valence-corrected chi connectivity index (χ4v) is 3.72. The summed E-state index contributed by atoms with van der Waals surface area (Å²) in [5.74, 6) is 1.26. The highest BCUT2D eigenvalue weighted by molar-refractivity contribution is 5.93. The van der Waals surface area contributed by atoms with Crippen molar-refractivity contribution in [1.29, 1.82) is 0 Å². The van der Waals surface area contributed by atoms with Crippen molar-refractivity contribution in [3.8, 4) is 0 Å². The van der Waals surface area contributed by atoms with Gasteiger partial charge in [0.1, 0.15) is 0 Å². The number of benzene rings is 1. The molecule has 2 heterocycles. The molecule has 2 aliphatic rings. The van der Waals surface area contributed by atoms with E-state index in [4.69, 9.17) is 4.99 Å². The number of fused-ring (bicyclic) bond motifs is 1. The lowest BCUT2D eigenvalue weighted by Gasteiger charge is -2.30. The standard InChI is InChI=1S/C20H25N5O/c1-13-8-10-15(11-9-13)18-23-19(22-16-6-4-3-5-7-16)24-20-21-14(2)12-17(26)25(18)20/h8-12,16,18H,3-7H2,1-2H3,(H2,21,22,23,24)/t18-/m0/s1. The van der Waals surface area contributed by atoms with E-state index in [1.54, 1.807) is 10.6 Å². The highest BCUT2D eigenvalue weighted by atomic mass is 16.1. The molecule has 6 heteroatoms. The molecule has 0 radical (unpaired) electrons. The van der Waals surface area contributed by atoms with Gasteiger partial charge < -0.3 is 5.32 Å². The van der Waals surface area contributed by atoms with Crippen LogP contribution in [0.5, 0.6) is 0 Å². The zero-order valence-electron chi connectivity index (χ0n) is 15.3.